The second-order valence-corrected chi connectivity index (χ2v) is 6.14. The van der Waals surface area contributed by atoms with Gasteiger partial charge in [-0.15, -0.1) is 0 Å². The summed E-state index contributed by atoms with van der Waals surface area (Å²) in [6, 6.07) is 17.9. The molecule has 0 radical (unpaired) electrons. The summed E-state index contributed by atoms with van der Waals surface area (Å²) in [4.78, 5) is 2.62. The van der Waals surface area contributed by atoms with E-state index in [2.05, 4.69) is 52.7 Å². The lowest BCUT2D eigenvalue weighted by Gasteiger charge is -2.44. The smallest absolute Gasteiger partial charge is 0.122 e. The molecule has 0 aromatic heterocycles. The van der Waals surface area contributed by atoms with E-state index in [1.54, 1.807) is 7.11 Å². The highest BCUT2D eigenvalue weighted by molar-refractivity contribution is 5.47. The summed E-state index contributed by atoms with van der Waals surface area (Å²) < 4.78 is 5.62. The number of methoxy groups -OCH3 is 1. The van der Waals surface area contributed by atoms with E-state index in [1.165, 1.54) is 16.7 Å². The van der Waals surface area contributed by atoms with E-state index >= 15 is 0 Å². The molecule has 0 aliphatic carbocycles. The maximum Gasteiger partial charge on any atom is 0.122 e. The highest BCUT2D eigenvalue weighted by Crippen LogP contribution is 2.42. The van der Waals surface area contributed by atoms with Gasteiger partial charge < -0.3 is 10.1 Å². The molecule has 2 aromatic rings. The molecule has 114 valence electrons. The fourth-order valence-electron chi connectivity index (χ4n) is 3.96. The van der Waals surface area contributed by atoms with Crippen molar-refractivity contribution in [2.75, 3.05) is 33.3 Å². The van der Waals surface area contributed by atoms with Gasteiger partial charge in [0.05, 0.1) is 7.11 Å². The second-order valence-electron chi connectivity index (χ2n) is 6.14. The number of fused-ring (bicyclic) bond motifs is 3. The lowest BCUT2D eigenvalue weighted by atomic mass is 9.80. The van der Waals surface area contributed by atoms with Crippen molar-refractivity contribution in [1.29, 1.82) is 0 Å². The summed E-state index contributed by atoms with van der Waals surface area (Å²) in [5, 5.41) is 3.54. The van der Waals surface area contributed by atoms with Gasteiger partial charge in [0.1, 0.15) is 5.75 Å². The van der Waals surface area contributed by atoms with Gasteiger partial charge in [-0.3, -0.25) is 4.90 Å². The van der Waals surface area contributed by atoms with Crippen LogP contribution in [0.4, 0.5) is 0 Å². The molecule has 3 heteroatoms. The van der Waals surface area contributed by atoms with Gasteiger partial charge in [0.2, 0.25) is 0 Å². The predicted octanol–water partition coefficient (Wildman–Crippen LogP) is 2.79. The quantitative estimate of drug-likeness (QED) is 0.922. The number of hydrogen-bond acceptors (Lipinski definition) is 3. The van der Waals surface area contributed by atoms with Crippen LogP contribution in [0.1, 0.15) is 28.7 Å². The third-order valence-corrected chi connectivity index (χ3v) is 5.02. The van der Waals surface area contributed by atoms with E-state index in [0.29, 0.717) is 12.0 Å². The molecule has 0 spiro atoms. The molecule has 22 heavy (non-hydrogen) atoms. The zero-order valence-corrected chi connectivity index (χ0v) is 13.0. The minimum atomic E-state index is 0.390. The first-order valence-electron chi connectivity index (χ1n) is 8.05. The first-order valence-corrected chi connectivity index (χ1v) is 8.05. The predicted molar refractivity (Wildman–Crippen MR) is 88.5 cm³/mol. The Hall–Kier alpha value is -1.84. The SMILES string of the molecule is COc1ccccc1[C@@H]1CN2CCNC[C@H]2c2ccccc21. The van der Waals surface area contributed by atoms with Crippen molar-refractivity contribution < 1.29 is 4.74 Å². The summed E-state index contributed by atoms with van der Waals surface area (Å²) in [5.41, 5.74) is 4.23. The molecular formula is C19H22N2O. The summed E-state index contributed by atoms with van der Waals surface area (Å²) in [7, 11) is 1.77. The molecule has 4 rings (SSSR count). The molecule has 0 saturated carbocycles. The van der Waals surface area contributed by atoms with Crippen LogP contribution in [-0.4, -0.2) is 38.2 Å². The van der Waals surface area contributed by atoms with Gasteiger partial charge in [0.15, 0.2) is 0 Å². The van der Waals surface area contributed by atoms with E-state index in [4.69, 9.17) is 4.74 Å². The van der Waals surface area contributed by atoms with Crippen LogP contribution in [0.15, 0.2) is 48.5 Å². The summed E-state index contributed by atoms with van der Waals surface area (Å²) >= 11 is 0. The van der Waals surface area contributed by atoms with Crippen LogP contribution in [0.2, 0.25) is 0 Å². The minimum absolute atomic E-state index is 0.390. The molecule has 0 bridgehead atoms. The van der Waals surface area contributed by atoms with Crippen molar-refractivity contribution in [3.63, 3.8) is 0 Å². The second kappa shape index (κ2) is 5.75. The van der Waals surface area contributed by atoms with Gasteiger partial charge in [-0.05, 0) is 17.2 Å². The highest BCUT2D eigenvalue weighted by atomic mass is 16.5. The summed E-state index contributed by atoms with van der Waals surface area (Å²) in [6.45, 7) is 4.32. The zero-order chi connectivity index (χ0) is 14.9. The Morgan fingerprint density at radius 2 is 1.73 bits per heavy atom. The molecule has 2 aliphatic rings. The fraction of sp³-hybridized carbons (Fsp3) is 0.368. The monoisotopic (exact) mass is 294 g/mol. The van der Waals surface area contributed by atoms with E-state index in [9.17, 15) is 0 Å². The highest BCUT2D eigenvalue weighted by Gasteiger charge is 2.35. The Morgan fingerprint density at radius 3 is 2.55 bits per heavy atom. The normalized spacial score (nSPS) is 24.4. The topological polar surface area (TPSA) is 24.5 Å². The van der Waals surface area contributed by atoms with Gasteiger partial charge in [-0.2, -0.15) is 0 Å². The lowest BCUT2D eigenvalue weighted by Crippen LogP contribution is -2.50. The molecule has 2 heterocycles. The number of nitrogens with zero attached hydrogens (tertiary/aromatic N) is 1. The molecule has 3 nitrogen and oxygen atoms in total. The average molecular weight is 294 g/mol. The Bertz CT molecular complexity index is 670. The summed E-state index contributed by atoms with van der Waals surface area (Å²) in [6.07, 6.45) is 0. The molecule has 1 N–H and O–H groups in total. The van der Waals surface area contributed by atoms with Crippen molar-refractivity contribution in [3.8, 4) is 5.75 Å². The third-order valence-electron chi connectivity index (χ3n) is 5.02. The summed E-state index contributed by atoms with van der Waals surface area (Å²) in [5.74, 6) is 1.39. The minimum Gasteiger partial charge on any atom is -0.496 e. The van der Waals surface area contributed by atoms with Crippen LogP contribution in [0.5, 0.6) is 5.75 Å². The molecule has 2 aromatic carbocycles. The van der Waals surface area contributed by atoms with Gasteiger partial charge in [0.25, 0.3) is 0 Å². The van der Waals surface area contributed by atoms with Crippen LogP contribution >= 0.6 is 0 Å². The van der Waals surface area contributed by atoms with Crippen molar-refractivity contribution >= 4 is 0 Å². The Kier molecular flexibility index (Phi) is 3.60. The van der Waals surface area contributed by atoms with Crippen molar-refractivity contribution in [2.24, 2.45) is 0 Å². The molecule has 0 amide bonds. The average Bonchev–Trinajstić information content (AvgIpc) is 2.61. The fourth-order valence-corrected chi connectivity index (χ4v) is 3.96. The third kappa shape index (κ3) is 2.21. The van der Waals surface area contributed by atoms with E-state index in [0.717, 1.165) is 31.9 Å². The van der Waals surface area contributed by atoms with Crippen LogP contribution < -0.4 is 10.1 Å². The van der Waals surface area contributed by atoms with Crippen LogP contribution in [0, 0.1) is 0 Å². The molecule has 2 aliphatic heterocycles. The number of rotatable bonds is 2. The van der Waals surface area contributed by atoms with Gasteiger partial charge >= 0.3 is 0 Å². The zero-order valence-electron chi connectivity index (χ0n) is 13.0. The Morgan fingerprint density at radius 1 is 1.00 bits per heavy atom. The van der Waals surface area contributed by atoms with Crippen LogP contribution in [0.3, 0.4) is 0 Å². The maximum absolute atomic E-state index is 5.62. The van der Waals surface area contributed by atoms with E-state index in [1.807, 2.05) is 6.07 Å². The lowest BCUT2D eigenvalue weighted by molar-refractivity contribution is 0.142. The first kappa shape index (κ1) is 13.8. The van der Waals surface area contributed by atoms with Crippen LogP contribution in [-0.2, 0) is 0 Å². The van der Waals surface area contributed by atoms with E-state index in [-0.39, 0.29) is 0 Å². The number of ether oxygens (including phenoxy) is 1. The number of piperazine rings is 1. The van der Waals surface area contributed by atoms with Gasteiger partial charge in [-0.25, -0.2) is 0 Å². The number of benzene rings is 2. The number of hydrogen-bond donors (Lipinski definition) is 1. The van der Waals surface area contributed by atoms with Gasteiger partial charge in [0, 0.05) is 43.7 Å². The number of nitrogens with one attached hydrogen (secondary N) is 1. The Labute approximate surface area is 131 Å². The van der Waals surface area contributed by atoms with Gasteiger partial charge in [-0.1, -0.05) is 42.5 Å². The standard InChI is InChI=1S/C19H22N2O/c1-22-19-9-5-4-8-16(19)17-13-21-11-10-20-12-18(21)15-7-3-2-6-14(15)17/h2-9,17-18,20H,10-13H2,1H3/t17-,18+/m1/s1. The Balaban J connectivity index is 1.82. The largest absolute Gasteiger partial charge is 0.496 e. The van der Waals surface area contributed by atoms with Crippen molar-refractivity contribution in [3.05, 3.63) is 65.2 Å². The van der Waals surface area contributed by atoms with Crippen molar-refractivity contribution in [1.82, 2.24) is 10.2 Å². The maximum atomic E-state index is 5.62. The molecule has 0 unspecified atom stereocenters. The molecular weight excluding hydrogens is 272 g/mol. The molecule has 1 saturated heterocycles. The molecule has 2 atom stereocenters. The van der Waals surface area contributed by atoms with Crippen molar-refractivity contribution in [2.45, 2.75) is 12.0 Å². The van der Waals surface area contributed by atoms with E-state index < -0.39 is 0 Å². The number of para-hydroxylation sites is 1. The van der Waals surface area contributed by atoms with Crippen LogP contribution in [0.25, 0.3) is 0 Å². The first-order chi connectivity index (χ1) is 10.9. The molecule has 1 fully saturated rings.